The quantitative estimate of drug-likeness (QED) is 0.103. The highest BCUT2D eigenvalue weighted by Gasteiger charge is 2.35. The van der Waals surface area contributed by atoms with E-state index in [9.17, 15) is 0 Å². The van der Waals surface area contributed by atoms with Crippen LogP contribution in [0.3, 0.4) is 0 Å². The first-order chi connectivity index (χ1) is 35.8. The van der Waals surface area contributed by atoms with E-state index in [4.69, 9.17) is 0 Å². The number of rotatable bonds is 9. The number of para-hydroxylation sites is 2. The molecular formula is C71H60N2. The van der Waals surface area contributed by atoms with Gasteiger partial charge in [-0.3, -0.25) is 0 Å². The van der Waals surface area contributed by atoms with Crippen LogP contribution in [-0.4, -0.2) is 4.57 Å². The maximum absolute atomic E-state index is 3.46. The lowest BCUT2D eigenvalue weighted by molar-refractivity contribution is 0.660. The number of fused-ring (bicyclic) bond motifs is 6. The van der Waals surface area contributed by atoms with Crippen molar-refractivity contribution in [2.45, 2.75) is 33.1 Å². The van der Waals surface area contributed by atoms with Crippen molar-refractivity contribution in [2.75, 3.05) is 4.90 Å². The van der Waals surface area contributed by atoms with Gasteiger partial charge >= 0.3 is 0 Å². The molecule has 0 saturated carbocycles. The molecule has 1 aliphatic carbocycles. The first-order valence-electron chi connectivity index (χ1n) is 25.2. The van der Waals surface area contributed by atoms with Gasteiger partial charge < -0.3 is 9.47 Å². The lowest BCUT2D eigenvalue weighted by Crippen LogP contribution is -2.16. The van der Waals surface area contributed by atoms with E-state index < -0.39 is 0 Å². The van der Waals surface area contributed by atoms with Crippen molar-refractivity contribution in [1.82, 2.24) is 4.57 Å². The molecule has 0 aliphatic heterocycles. The van der Waals surface area contributed by atoms with E-state index in [-0.39, 0.29) is 5.41 Å². The molecule has 0 N–H and O–H groups in total. The summed E-state index contributed by atoms with van der Waals surface area (Å²) in [5.41, 5.74) is 21.9. The molecule has 12 rings (SSSR count). The molecule has 2 nitrogen and oxygen atoms in total. The molecule has 0 radical (unpaired) electrons. The number of benzene rings is 10. The maximum Gasteiger partial charge on any atom is 0.0541 e. The van der Waals surface area contributed by atoms with Crippen LogP contribution in [0.15, 0.2) is 280 Å². The Hall–Kier alpha value is -8.98. The zero-order valence-electron chi connectivity index (χ0n) is 42.2. The molecule has 73 heavy (non-hydrogen) atoms. The molecule has 0 bridgehead atoms. The van der Waals surface area contributed by atoms with Gasteiger partial charge in [0.05, 0.1) is 11.0 Å². The maximum atomic E-state index is 3.46. The SMILES string of the molecule is C=C/C=C\C.C=CC.CC1(C)c2ccccc2-c2ccc(N(c3ccc(-c4ccccc4)cc3)c3ccc(-c4ccc(-c5ccc(-c6ccc7c(c6)c6ccccc6n7-c6ccccc6)cc5)cc4)cc3)cc21. The Morgan fingerprint density at radius 2 is 0.808 bits per heavy atom. The van der Waals surface area contributed by atoms with Crippen molar-refractivity contribution in [3.8, 4) is 61.3 Å². The third kappa shape index (κ3) is 9.52. The molecule has 0 amide bonds. The number of hydrogen-bond donors (Lipinski definition) is 0. The van der Waals surface area contributed by atoms with Crippen LogP contribution >= 0.6 is 0 Å². The van der Waals surface area contributed by atoms with E-state index in [1.807, 2.05) is 26.0 Å². The number of nitrogens with zero attached hydrogens (tertiary/aromatic N) is 2. The average Bonchev–Trinajstić information content (AvgIpc) is 3.90. The van der Waals surface area contributed by atoms with Crippen molar-refractivity contribution >= 4 is 38.9 Å². The summed E-state index contributed by atoms with van der Waals surface area (Å²) in [6, 6.07) is 88.7. The van der Waals surface area contributed by atoms with E-state index in [0.717, 1.165) is 17.1 Å². The fourth-order valence-electron chi connectivity index (χ4n) is 10.4. The Balaban J connectivity index is 0.000000715. The fraction of sp³-hybridized carbons (Fsp3) is 0.0704. The highest BCUT2D eigenvalue weighted by Crippen LogP contribution is 2.51. The average molecular weight is 941 g/mol. The number of hydrogen-bond acceptors (Lipinski definition) is 1. The van der Waals surface area contributed by atoms with Gasteiger partial charge in [-0.15, -0.1) is 6.58 Å². The molecule has 354 valence electrons. The summed E-state index contributed by atoms with van der Waals surface area (Å²) < 4.78 is 2.37. The number of aromatic nitrogens is 1. The Bertz CT molecular complexity index is 3710. The highest BCUT2D eigenvalue weighted by atomic mass is 15.1. The standard InChI is InChI=1S/C63H46N2.C5H8.C3H6/c1-63(2)59-19-11-9-17-55(59)56-39-38-54(42-60(56)63)64(52-34-29-47(30-35-52)43-13-5-3-6-14-43)53-36-31-48(32-37-53)46-23-21-44(22-24-46)45-25-27-49(28-26-45)50-33-40-62-58(41-50)57-18-10-12-20-61(57)65(62)51-15-7-4-8-16-51;1-3-5-4-2;1-3-2/h3-42H,1-2H3;3-5H,1H2,2H3;3H,1H2,2H3/b;5-4-;. The normalized spacial score (nSPS) is 12.0. The van der Waals surface area contributed by atoms with Crippen LogP contribution in [0.4, 0.5) is 17.1 Å². The Kier molecular flexibility index (Phi) is 13.8. The third-order valence-corrected chi connectivity index (χ3v) is 14.0. The molecule has 0 atom stereocenters. The van der Waals surface area contributed by atoms with Gasteiger partial charge in [0.1, 0.15) is 0 Å². The second kappa shape index (κ2) is 21.2. The topological polar surface area (TPSA) is 8.17 Å². The van der Waals surface area contributed by atoms with E-state index in [1.165, 1.54) is 94.3 Å². The lowest BCUT2D eigenvalue weighted by atomic mass is 9.82. The van der Waals surface area contributed by atoms with Crippen molar-refractivity contribution in [1.29, 1.82) is 0 Å². The first-order valence-corrected chi connectivity index (χ1v) is 25.2. The molecular weight excluding hydrogens is 881 g/mol. The molecule has 0 saturated heterocycles. The van der Waals surface area contributed by atoms with Crippen molar-refractivity contribution in [3.63, 3.8) is 0 Å². The largest absolute Gasteiger partial charge is 0.310 e. The van der Waals surface area contributed by atoms with Crippen LogP contribution in [0.1, 0.15) is 38.8 Å². The van der Waals surface area contributed by atoms with Gasteiger partial charge in [-0.05, 0) is 147 Å². The van der Waals surface area contributed by atoms with Crippen LogP contribution in [0.5, 0.6) is 0 Å². The zero-order chi connectivity index (χ0) is 50.3. The van der Waals surface area contributed by atoms with Gasteiger partial charge in [0.2, 0.25) is 0 Å². The molecule has 0 fully saturated rings. The molecule has 1 heterocycles. The minimum Gasteiger partial charge on any atom is -0.310 e. The van der Waals surface area contributed by atoms with Gasteiger partial charge in [0, 0.05) is 38.9 Å². The van der Waals surface area contributed by atoms with E-state index in [1.54, 1.807) is 12.2 Å². The summed E-state index contributed by atoms with van der Waals surface area (Å²) in [6.07, 6.45) is 7.33. The smallest absolute Gasteiger partial charge is 0.0541 e. The van der Waals surface area contributed by atoms with Gasteiger partial charge in [0.15, 0.2) is 0 Å². The Labute approximate surface area is 431 Å². The summed E-state index contributed by atoms with van der Waals surface area (Å²) in [6.45, 7) is 15.4. The Morgan fingerprint density at radius 1 is 0.384 bits per heavy atom. The summed E-state index contributed by atoms with van der Waals surface area (Å²) in [5.74, 6) is 0. The first kappa shape index (κ1) is 47.7. The van der Waals surface area contributed by atoms with Crippen LogP contribution in [0.25, 0.3) is 83.1 Å². The summed E-state index contributed by atoms with van der Waals surface area (Å²) >= 11 is 0. The summed E-state index contributed by atoms with van der Waals surface area (Å²) in [5, 5.41) is 2.53. The van der Waals surface area contributed by atoms with Gasteiger partial charge in [-0.2, -0.15) is 0 Å². The fourth-order valence-corrected chi connectivity index (χ4v) is 10.4. The van der Waals surface area contributed by atoms with Crippen LogP contribution in [0, 0.1) is 0 Å². The predicted molar refractivity (Wildman–Crippen MR) is 316 cm³/mol. The molecule has 1 aliphatic rings. The molecule has 2 heteroatoms. The third-order valence-electron chi connectivity index (χ3n) is 14.0. The molecule has 11 aromatic rings. The van der Waals surface area contributed by atoms with Crippen molar-refractivity contribution in [3.05, 3.63) is 291 Å². The zero-order valence-corrected chi connectivity index (χ0v) is 42.2. The molecule has 1 aromatic heterocycles. The lowest BCUT2D eigenvalue weighted by Gasteiger charge is -2.28. The number of allylic oxidation sites excluding steroid dienone is 4. The van der Waals surface area contributed by atoms with Gasteiger partial charge in [-0.1, -0.05) is 221 Å². The van der Waals surface area contributed by atoms with Crippen LogP contribution in [-0.2, 0) is 5.41 Å². The van der Waals surface area contributed by atoms with Crippen molar-refractivity contribution < 1.29 is 0 Å². The highest BCUT2D eigenvalue weighted by molar-refractivity contribution is 6.10. The van der Waals surface area contributed by atoms with Crippen molar-refractivity contribution in [2.24, 2.45) is 0 Å². The van der Waals surface area contributed by atoms with E-state index >= 15 is 0 Å². The van der Waals surface area contributed by atoms with E-state index in [0.29, 0.717) is 0 Å². The second-order valence-electron chi connectivity index (χ2n) is 18.9. The minimum atomic E-state index is -0.0930. The Morgan fingerprint density at radius 3 is 1.36 bits per heavy atom. The predicted octanol–water partition coefficient (Wildman–Crippen LogP) is 20.2. The number of anilines is 3. The molecule has 0 unspecified atom stereocenters. The summed E-state index contributed by atoms with van der Waals surface area (Å²) in [4.78, 5) is 2.39. The van der Waals surface area contributed by atoms with Crippen LogP contribution < -0.4 is 4.90 Å². The molecule has 10 aromatic carbocycles. The second-order valence-corrected chi connectivity index (χ2v) is 18.9. The van der Waals surface area contributed by atoms with Crippen LogP contribution in [0.2, 0.25) is 0 Å². The minimum absolute atomic E-state index is 0.0930. The summed E-state index contributed by atoms with van der Waals surface area (Å²) in [7, 11) is 0. The van der Waals surface area contributed by atoms with E-state index in [2.05, 4.69) is 279 Å². The molecule has 0 spiro atoms. The van der Waals surface area contributed by atoms with Gasteiger partial charge in [-0.25, -0.2) is 0 Å². The monoisotopic (exact) mass is 940 g/mol. The van der Waals surface area contributed by atoms with Gasteiger partial charge in [0.25, 0.3) is 0 Å².